The van der Waals surface area contributed by atoms with Crippen LogP contribution in [0, 0.1) is 0 Å². The molecule has 0 radical (unpaired) electrons. The Morgan fingerprint density at radius 3 is 2.85 bits per heavy atom. The zero-order chi connectivity index (χ0) is 9.31. The van der Waals surface area contributed by atoms with Crippen molar-refractivity contribution in [1.82, 2.24) is 4.98 Å². The molecule has 1 aromatic rings. The minimum Gasteiger partial charge on any atom is -0.481 e. The van der Waals surface area contributed by atoms with Crippen molar-refractivity contribution >= 4 is 5.97 Å². The van der Waals surface area contributed by atoms with Gasteiger partial charge in [0.15, 0.2) is 0 Å². The molecule has 13 heavy (non-hydrogen) atoms. The summed E-state index contributed by atoms with van der Waals surface area (Å²) >= 11 is 0. The van der Waals surface area contributed by atoms with Crippen LogP contribution in [0.15, 0.2) is 24.5 Å². The molecule has 1 heterocycles. The number of aromatic nitrogens is 1. The number of aliphatic carboxylic acids is 1. The minimum atomic E-state index is -0.721. The maximum atomic E-state index is 10.6. The lowest BCUT2D eigenvalue weighted by Crippen LogP contribution is -2.12. The first kappa shape index (κ1) is 8.23. The fourth-order valence-electron chi connectivity index (χ4n) is 1.68. The van der Waals surface area contributed by atoms with Crippen LogP contribution >= 0.6 is 0 Å². The summed E-state index contributed by atoms with van der Waals surface area (Å²) < 4.78 is 0. The molecule has 0 amide bonds. The molecule has 1 saturated carbocycles. The second-order valence-corrected chi connectivity index (χ2v) is 3.59. The first-order valence-electron chi connectivity index (χ1n) is 4.35. The quantitative estimate of drug-likeness (QED) is 0.762. The van der Waals surface area contributed by atoms with Crippen molar-refractivity contribution in [2.24, 2.45) is 0 Å². The monoisotopic (exact) mass is 177 g/mol. The van der Waals surface area contributed by atoms with Crippen LogP contribution in [0.4, 0.5) is 0 Å². The van der Waals surface area contributed by atoms with E-state index in [4.69, 9.17) is 5.11 Å². The van der Waals surface area contributed by atoms with Gasteiger partial charge in [0.2, 0.25) is 0 Å². The van der Waals surface area contributed by atoms with Crippen LogP contribution in [0.5, 0.6) is 0 Å². The van der Waals surface area contributed by atoms with Gasteiger partial charge in [-0.05, 0) is 24.5 Å². The molecule has 0 aromatic carbocycles. The SMILES string of the molecule is O=C(O)CC1(c2cccnc2)CC1. The average molecular weight is 177 g/mol. The van der Waals surface area contributed by atoms with Crippen LogP contribution in [0.1, 0.15) is 24.8 Å². The maximum Gasteiger partial charge on any atom is 0.304 e. The summed E-state index contributed by atoms with van der Waals surface area (Å²) in [6.07, 6.45) is 5.67. The average Bonchev–Trinajstić information content (AvgIpc) is 2.86. The highest BCUT2D eigenvalue weighted by Gasteiger charge is 2.45. The van der Waals surface area contributed by atoms with Crippen molar-refractivity contribution in [3.8, 4) is 0 Å². The molecule has 68 valence electrons. The molecule has 2 rings (SSSR count). The molecule has 1 aromatic heterocycles. The molecule has 1 aliphatic rings. The minimum absolute atomic E-state index is 0.0971. The Morgan fingerprint density at radius 2 is 2.38 bits per heavy atom. The Morgan fingerprint density at radius 1 is 1.62 bits per heavy atom. The Kier molecular flexibility index (Phi) is 1.79. The normalized spacial score (nSPS) is 18.2. The highest BCUT2D eigenvalue weighted by atomic mass is 16.4. The van der Waals surface area contributed by atoms with Gasteiger partial charge in [0.25, 0.3) is 0 Å². The summed E-state index contributed by atoms with van der Waals surface area (Å²) in [5.74, 6) is -0.721. The van der Waals surface area contributed by atoms with E-state index in [1.165, 1.54) is 0 Å². The van der Waals surface area contributed by atoms with Crippen LogP contribution in [0.2, 0.25) is 0 Å². The Hall–Kier alpha value is -1.38. The van der Waals surface area contributed by atoms with Crippen molar-refractivity contribution < 1.29 is 9.90 Å². The molecule has 1 N–H and O–H groups in total. The van der Waals surface area contributed by atoms with Gasteiger partial charge in [-0.3, -0.25) is 9.78 Å². The third kappa shape index (κ3) is 1.54. The second-order valence-electron chi connectivity index (χ2n) is 3.59. The van der Waals surface area contributed by atoms with Gasteiger partial charge in [0.05, 0.1) is 6.42 Å². The second kappa shape index (κ2) is 2.83. The number of rotatable bonds is 3. The van der Waals surface area contributed by atoms with Gasteiger partial charge in [0.1, 0.15) is 0 Å². The molecule has 0 saturated heterocycles. The fourth-order valence-corrected chi connectivity index (χ4v) is 1.68. The summed E-state index contributed by atoms with van der Waals surface area (Å²) in [7, 11) is 0. The fraction of sp³-hybridized carbons (Fsp3) is 0.400. The smallest absolute Gasteiger partial charge is 0.304 e. The Balaban J connectivity index is 2.21. The number of carboxylic acid groups (broad SMARTS) is 1. The van der Waals surface area contributed by atoms with Gasteiger partial charge in [-0.1, -0.05) is 6.07 Å². The van der Waals surface area contributed by atoms with Crippen LogP contribution in [0.25, 0.3) is 0 Å². The van der Waals surface area contributed by atoms with Crippen LogP contribution in [-0.2, 0) is 10.2 Å². The van der Waals surface area contributed by atoms with E-state index in [1.54, 1.807) is 12.4 Å². The molecule has 1 fully saturated rings. The predicted octanol–water partition coefficient (Wildman–Crippen LogP) is 1.59. The maximum absolute atomic E-state index is 10.6. The number of carboxylic acids is 1. The van der Waals surface area contributed by atoms with Crippen LogP contribution in [-0.4, -0.2) is 16.1 Å². The van der Waals surface area contributed by atoms with Crippen molar-refractivity contribution in [3.63, 3.8) is 0 Å². The van der Waals surface area contributed by atoms with Gasteiger partial charge in [0, 0.05) is 17.8 Å². The van der Waals surface area contributed by atoms with Gasteiger partial charge in [-0.25, -0.2) is 0 Å². The zero-order valence-electron chi connectivity index (χ0n) is 7.23. The zero-order valence-corrected chi connectivity index (χ0v) is 7.23. The van der Waals surface area contributed by atoms with E-state index in [0.717, 1.165) is 18.4 Å². The Bertz CT molecular complexity index is 317. The van der Waals surface area contributed by atoms with Crippen molar-refractivity contribution in [3.05, 3.63) is 30.1 Å². The van der Waals surface area contributed by atoms with E-state index in [0.29, 0.717) is 0 Å². The molecule has 0 spiro atoms. The van der Waals surface area contributed by atoms with E-state index in [9.17, 15) is 4.79 Å². The van der Waals surface area contributed by atoms with Crippen LogP contribution in [0.3, 0.4) is 0 Å². The number of carbonyl (C=O) groups is 1. The van der Waals surface area contributed by atoms with Gasteiger partial charge in [-0.2, -0.15) is 0 Å². The predicted molar refractivity (Wildman–Crippen MR) is 47.4 cm³/mol. The van der Waals surface area contributed by atoms with Gasteiger partial charge >= 0.3 is 5.97 Å². The molecule has 0 atom stereocenters. The molecule has 0 bridgehead atoms. The van der Waals surface area contributed by atoms with E-state index in [1.807, 2.05) is 12.1 Å². The third-order valence-electron chi connectivity index (χ3n) is 2.62. The summed E-state index contributed by atoms with van der Waals surface area (Å²) in [6.45, 7) is 0. The standard InChI is InChI=1S/C10H11NO2/c12-9(13)6-10(3-4-10)8-2-1-5-11-7-8/h1-2,5,7H,3-4,6H2,(H,12,13). The molecule has 0 aliphatic heterocycles. The summed E-state index contributed by atoms with van der Waals surface area (Å²) in [5, 5.41) is 8.73. The number of hydrogen-bond donors (Lipinski definition) is 1. The van der Waals surface area contributed by atoms with E-state index < -0.39 is 5.97 Å². The van der Waals surface area contributed by atoms with Crippen molar-refractivity contribution in [2.45, 2.75) is 24.7 Å². The van der Waals surface area contributed by atoms with E-state index in [2.05, 4.69) is 4.98 Å². The number of pyridine rings is 1. The van der Waals surface area contributed by atoms with Crippen molar-refractivity contribution in [2.75, 3.05) is 0 Å². The topological polar surface area (TPSA) is 50.2 Å². The summed E-state index contributed by atoms with van der Waals surface area (Å²) in [4.78, 5) is 14.6. The van der Waals surface area contributed by atoms with Gasteiger partial charge in [-0.15, -0.1) is 0 Å². The highest BCUT2D eigenvalue weighted by molar-refractivity contribution is 5.70. The van der Waals surface area contributed by atoms with Crippen molar-refractivity contribution in [1.29, 1.82) is 0 Å². The number of nitrogens with zero attached hydrogens (tertiary/aromatic N) is 1. The molecule has 1 aliphatic carbocycles. The lowest BCUT2D eigenvalue weighted by molar-refractivity contribution is -0.137. The molecule has 3 nitrogen and oxygen atoms in total. The van der Waals surface area contributed by atoms with E-state index >= 15 is 0 Å². The molecular weight excluding hydrogens is 166 g/mol. The first-order chi connectivity index (χ1) is 6.23. The number of hydrogen-bond acceptors (Lipinski definition) is 2. The highest BCUT2D eigenvalue weighted by Crippen LogP contribution is 2.50. The third-order valence-corrected chi connectivity index (χ3v) is 2.62. The van der Waals surface area contributed by atoms with Crippen LogP contribution < -0.4 is 0 Å². The van der Waals surface area contributed by atoms with Gasteiger partial charge < -0.3 is 5.11 Å². The summed E-state index contributed by atoms with van der Waals surface area (Å²) in [6, 6.07) is 3.82. The molecule has 3 heteroatoms. The largest absolute Gasteiger partial charge is 0.481 e. The summed E-state index contributed by atoms with van der Waals surface area (Å²) in [5.41, 5.74) is 0.970. The Labute approximate surface area is 76.4 Å². The lowest BCUT2D eigenvalue weighted by Gasteiger charge is -2.11. The molecule has 0 unspecified atom stereocenters. The first-order valence-corrected chi connectivity index (χ1v) is 4.35. The molecular formula is C10H11NO2. The van der Waals surface area contributed by atoms with E-state index in [-0.39, 0.29) is 11.8 Å². The lowest BCUT2D eigenvalue weighted by atomic mass is 9.94.